The smallest absolute Gasteiger partial charge is 0.377 e. The minimum atomic E-state index is -3.38. The van der Waals surface area contributed by atoms with Crippen LogP contribution in [0.1, 0.15) is 10.4 Å². The molecule has 2 rings (SSSR count). The molecule has 1 N–H and O–H groups in total. The van der Waals surface area contributed by atoms with Gasteiger partial charge in [0.2, 0.25) is 15.8 Å². The first-order chi connectivity index (χ1) is 10.8. The zero-order chi connectivity index (χ0) is 16.9. The van der Waals surface area contributed by atoms with Crippen molar-refractivity contribution in [3.05, 3.63) is 41.9 Å². The van der Waals surface area contributed by atoms with Gasteiger partial charge in [-0.3, -0.25) is 9.52 Å². The highest BCUT2D eigenvalue weighted by Gasteiger charge is 2.18. The fraction of sp³-hybridized carbons (Fsp3) is 0.286. The Balaban J connectivity index is 1.90. The SMILES string of the molecule is CS(=O)(=O)Nc1ccc(C(=O)COC(=O)C2=COCCO2)cc1. The van der Waals surface area contributed by atoms with Crippen molar-refractivity contribution in [3.63, 3.8) is 0 Å². The molecule has 0 aromatic heterocycles. The van der Waals surface area contributed by atoms with Crippen molar-refractivity contribution in [1.29, 1.82) is 0 Å². The number of benzene rings is 1. The Labute approximate surface area is 133 Å². The first kappa shape index (κ1) is 16.8. The highest BCUT2D eigenvalue weighted by Crippen LogP contribution is 2.12. The van der Waals surface area contributed by atoms with Crippen LogP contribution in [0.2, 0.25) is 0 Å². The van der Waals surface area contributed by atoms with E-state index in [9.17, 15) is 18.0 Å². The van der Waals surface area contributed by atoms with Crippen molar-refractivity contribution < 1.29 is 32.2 Å². The number of rotatable bonds is 6. The number of carbonyl (C=O) groups is 2. The number of ether oxygens (including phenoxy) is 3. The molecular weight excluding hydrogens is 326 g/mol. The van der Waals surface area contributed by atoms with Gasteiger partial charge in [0.1, 0.15) is 19.5 Å². The summed E-state index contributed by atoms with van der Waals surface area (Å²) in [7, 11) is -3.38. The molecule has 0 spiro atoms. The standard InChI is InChI=1S/C14H15NO7S/c1-23(18,19)15-11-4-2-10(3-5-11)12(16)8-22-14(17)13-9-20-6-7-21-13/h2-5,9,15H,6-8H2,1H3. The van der Waals surface area contributed by atoms with E-state index in [1.807, 2.05) is 0 Å². The Morgan fingerprint density at radius 1 is 1.22 bits per heavy atom. The van der Waals surface area contributed by atoms with Gasteiger partial charge in [0.05, 0.1) is 6.26 Å². The fourth-order valence-corrected chi connectivity index (χ4v) is 2.26. The van der Waals surface area contributed by atoms with E-state index in [1.165, 1.54) is 24.3 Å². The Kier molecular flexibility index (Phi) is 5.22. The third kappa shape index (κ3) is 5.29. The number of hydrogen-bond acceptors (Lipinski definition) is 7. The lowest BCUT2D eigenvalue weighted by molar-refractivity contribution is -0.143. The molecule has 1 aliphatic heterocycles. The molecule has 1 heterocycles. The van der Waals surface area contributed by atoms with E-state index in [0.717, 1.165) is 12.5 Å². The molecule has 124 valence electrons. The maximum atomic E-state index is 11.9. The number of anilines is 1. The van der Waals surface area contributed by atoms with Crippen molar-refractivity contribution in [2.45, 2.75) is 0 Å². The first-order valence-electron chi connectivity index (χ1n) is 6.58. The quantitative estimate of drug-likeness (QED) is 0.598. The zero-order valence-corrected chi connectivity index (χ0v) is 13.1. The van der Waals surface area contributed by atoms with Gasteiger partial charge >= 0.3 is 5.97 Å². The molecule has 1 aromatic rings. The molecule has 0 unspecified atom stereocenters. The summed E-state index contributed by atoms with van der Waals surface area (Å²) in [5, 5.41) is 0. The van der Waals surface area contributed by atoms with Crippen LogP contribution < -0.4 is 4.72 Å². The Morgan fingerprint density at radius 2 is 1.91 bits per heavy atom. The minimum Gasteiger partial charge on any atom is -0.493 e. The molecule has 23 heavy (non-hydrogen) atoms. The second-order valence-electron chi connectivity index (χ2n) is 4.65. The highest BCUT2D eigenvalue weighted by atomic mass is 32.2. The van der Waals surface area contributed by atoms with Crippen LogP contribution in [0.5, 0.6) is 0 Å². The van der Waals surface area contributed by atoms with Crippen LogP contribution in [0.4, 0.5) is 5.69 Å². The van der Waals surface area contributed by atoms with E-state index in [0.29, 0.717) is 12.3 Å². The summed E-state index contributed by atoms with van der Waals surface area (Å²) in [6.45, 7) is 0.131. The van der Waals surface area contributed by atoms with E-state index in [1.54, 1.807) is 0 Å². The highest BCUT2D eigenvalue weighted by molar-refractivity contribution is 7.92. The number of Topliss-reactive ketones (excluding diaryl/α,β-unsaturated/α-hetero) is 1. The molecule has 0 aliphatic carbocycles. The predicted octanol–water partition coefficient (Wildman–Crippen LogP) is 0.672. The van der Waals surface area contributed by atoms with Crippen LogP contribution in [0.3, 0.4) is 0 Å². The van der Waals surface area contributed by atoms with Gasteiger partial charge in [-0.2, -0.15) is 0 Å². The molecule has 0 radical (unpaired) electrons. The van der Waals surface area contributed by atoms with E-state index in [2.05, 4.69) is 4.72 Å². The summed E-state index contributed by atoms with van der Waals surface area (Å²) in [6, 6.07) is 5.75. The number of carbonyl (C=O) groups excluding carboxylic acids is 2. The molecule has 0 fully saturated rings. The lowest BCUT2D eigenvalue weighted by Crippen LogP contribution is -2.20. The van der Waals surface area contributed by atoms with Crippen molar-refractivity contribution >= 4 is 27.5 Å². The average Bonchev–Trinajstić information content (AvgIpc) is 2.52. The van der Waals surface area contributed by atoms with Gasteiger partial charge in [0, 0.05) is 11.3 Å². The van der Waals surface area contributed by atoms with Gasteiger partial charge < -0.3 is 14.2 Å². The van der Waals surface area contributed by atoms with Crippen molar-refractivity contribution in [1.82, 2.24) is 0 Å². The van der Waals surface area contributed by atoms with Crippen LogP contribution in [0, 0.1) is 0 Å². The molecule has 0 amide bonds. The number of ketones is 1. The van der Waals surface area contributed by atoms with Crippen molar-refractivity contribution in [2.75, 3.05) is 30.8 Å². The van der Waals surface area contributed by atoms with E-state index in [-0.39, 0.29) is 17.9 Å². The van der Waals surface area contributed by atoms with Crippen LogP contribution in [-0.2, 0) is 29.0 Å². The Bertz CT molecular complexity index is 722. The van der Waals surface area contributed by atoms with Gasteiger partial charge in [-0.15, -0.1) is 0 Å². The first-order valence-corrected chi connectivity index (χ1v) is 8.47. The van der Waals surface area contributed by atoms with Gasteiger partial charge in [0.25, 0.3) is 0 Å². The van der Waals surface area contributed by atoms with Crippen LogP contribution in [-0.4, -0.2) is 46.2 Å². The normalized spacial score (nSPS) is 14.0. The minimum absolute atomic E-state index is 0.0863. The largest absolute Gasteiger partial charge is 0.493 e. The summed E-state index contributed by atoms with van der Waals surface area (Å²) >= 11 is 0. The number of esters is 1. The second-order valence-corrected chi connectivity index (χ2v) is 6.40. The summed E-state index contributed by atoms with van der Waals surface area (Å²) in [6.07, 6.45) is 2.17. The molecule has 9 heteroatoms. The summed E-state index contributed by atoms with van der Waals surface area (Å²) in [5.41, 5.74) is 0.616. The number of nitrogens with one attached hydrogen (secondary N) is 1. The van der Waals surface area contributed by atoms with Gasteiger partial charge in [-0.05, 0) is 24.3 Å². The molecule has 0 atom stereocenters. The Hall–Kier alpha value is -2.55. The molecule has 1 aliphatic rings. The molecule has 0 saturated heterocycles. The van der Waals surface area contributed by atoms with E-state index >= 15 is 0 Å². The number of sulfonamides is 1. The maximum absolute atomic E-state index is 11.9. The van der Waals surface area contributed by atoms with E-state index in [4.69, 9.17) is 14.2 Å². The zero-order valence-electron chi connectivity index (χ0n) is 12.3. The third-order valence-corrected chi connectivity index (χ3v) is 3.30. The van der Waals surface area contributed by atoms with E-state index < -0.39 is 28.4 Å². The van der Waals surface area contributed by atoms with Crippen LogP contribution in [0.15, 0.2) is 36.3 Å². The molecule has 8 nitrogen and oxygen atoms in total. The van der Waals surface area contributed by atoms with Crippen molar-refractivity contribution in [2.24, 2.45) is 0 Å². The molecule has 1 aromatic carbocycles. The lowest BCUT2D eigenvalue weighted by atomic mass is 10.1. The third-order valence-electron chi connectivity index (χ3n) is 2.69. The second kappa shape index (κ2) is 7.14. The van der Waals surface area contributed by atoms with Crippen molar-refractivity contribution in [3.8, 4) is 0 Å². The van der Waals surface area contributed by atoms with Gasteiger partial charge in [0.15, 0.2) is 12.4 Å². The summed E-state index contributed by atoms with van der Waals surface area (Å²) in [4.78, 5) is 23.5. The topological polar surface area (TPSA) is 108 Å². The molecule has 0 saturated carbocycles. The molecule has 0 bridgehead atoms. The Morgan fingerprint density at radius 3 is 2.48 bits per heavy atom. The molecular formula is C14H15NO7S. The fourth-order valence-electron chi connectivity index (χ4n) is 1.70. The monoisotopic (exact) mass is 341 g/mol. The number of hydrogen-bond donors (Lipinski definition) is 1. The van der Waals surface area contributed by atoms with Gasteiger partial charge in [-0.25, -0.2) is 13.2 Å². The lowest BCUT2D eigenvalue weighted by Gasteiger charge is -2.14. The average molecular weight is 341 g/mol. The summed E-state index contributed by atoms with van der Waals surface area (Å²) in [5.74, 6) is -1.30. The van der Waals surface area contributed by atoms with Crippen LogP contribution in [0.25, 0.3) is 0 Å². The van der Waals surface area contributed by atoms with Crippen LogP contribution >= 0.6 is 0 Å². The maximum Gasteiger partial charge on any atom is 0.377 e. The predicted molar refractivity (Wildman–Crippen MR) is 80.2 cm³/mol. The summed E-state index contributed by atoms with van der Waals surface area (Å²) < 4.78 is 39.2. The van der Waals surface area contributed by atoms with Gasteiger partial charge in [-0.1, -0.05) is 0 Å².